The number of aromatic nitrogens is 1. The highest BCUT2D eigenvalue weighted by atomic mass is 79.9. The Morgan fingerprint density at radius 3 is 2.94 bits per heavy atom. The predicted octanol–water partition coefficient (Wildman–Crippen LogP) is 1.69. The SMILES string of the molecule is CC1OCCC1NC(=O)c1cc(Br)cn1C. The summed E-state index contributed by atoms with van der Waals surface area (Å²) in [6.45, 7) is 2.71. The van der Waals surface area contributed by atoms with E-state index in [-0.39, 0.29) is 18.1 Å². The van der Waals surface area contributed by atoms with Crippen molar-refractivity contribution in [3.05, 3.63) is 22.4 Å². The van der Waals surface area contributed by atoms with Crippen LogP contribution < -0.4 is 5.32 Å². The molecule has 2 unspecified atom stereocenters. The maximum atomic E-state index is 12.0. The third-order valence-corrected chi connectivity index (χ3v) is 3.33. The van der Waals surface area contributed by atoms with Crippen LogP contribution in [0, 0.1) is 0 Å². The van der Waals surface area contributed by atoms with Gasteiger partial charge in [-0.15, -0.1) is 0 Å². The smallest absolute Gasteiger partial charge is 0.268 e. The molecular weight excluding hydrogens is 272 g/mol. The lowest BCUT2D eigenvalue weighted by Gasteiger charge is -2.16. The first-order valence-corrected chi connectivity index (χ1v) is 6.11. The van der Waals surface area contributed by atoms with Gasteiger partial charge in [-0.3, -0.25) is 4.79 Å². The molecule has 1 saturated heterocycles. The van der Waals surface area contributed by atoms with Gasteiger partial charge >= 0.3 is 0 Å². The fraction of sp³-hybridized carbons (Fsp3) is 0.545. The molecule has 4 nitrogen and oxygen atoms in total. The third kappa shape index (κ3) is 2.30. The molecule has 2 atom stereocenters. The van der Waals surface area contributed by atoms with Crippen molar-refractivity contribution >= 4 is 21.8 Å². The monoisotopic (exact) mass is 286 g/mol. The highest BCUT2D eigenvalue weighted by Crippen LogP contribution is 2.16. The zero-order chi connectivity index (χ0) is 11.7. The summed E-state index contributed by atoms with van der Waals surface area (Å²) in [6.07, 6.45) is 2.86. The second kappa shape index (κ2) is 4.59. The summed E-state index contributed by atoms with van der Waals surface area (Å²) in [5.74, 6) is -0.0458. The minimum atomic E-state index is -0.0458. The summed E-state index contributed by atoms with van der Waals surface area (Å²) >= 11 is 3.35. The van der Waals surface area contributed by atoms with E-state index < -0.39 is 0 Å². The molecule has 1 aromatic heterocycles. The maximum Gasteiger partial charge on any atom is 0.268 e. The average molecular weight is 287 g/mol. The number of nitrogens with zero attached hydrogens (tertiary/aromatic N) is 1. The zero-order valence-corrected chi connectivity index (χ0v) is 11.0. The number of aryl methyl sites for hydroxylation is 1. The van der Waals surface area contributed by atoms with E-state index in [4.69, 9.17) is 4.74 Å². The standard InChI is InChI=1S/C11H15BrN2O2/c1-7-9(3-4-16-7)13-11(15)10-5-8(12)6-14(10)2/h5-7,9H,3-4H2,1-2H3,(H,13,15). The van der Waals surface area contributed by atoms with Gasteiger partial charge in [-0.25, -0.2) is 0 Å². The molecule has 0 radical (unpaired) electrons. The number of rotatable bonds is 2. The molecule has 1 fully saturated rings. The van der Waals surface area contributed by atoms with Gasteiger partial charge in [-0.2, -0.15) is 0 Å². The van der Waals surface area contributed by atoms with Crippen molar-refractivity contribution in [2.45, 2.75) is 25.5 Å². The van der Waals surface area contributed by atoms with E-state index in [1.165, 1.54) is 0 Å². The third-order valence-electron chi connectivity index (χ3n) is 2.90. The lowest BCUT2D eigenvalue weighted by Crippen LogP contribution is -2.39. The molecule has 0 bridgehead atoms. The van der Waals surface area contributed by atoms with Gasteiger partial charge in [0.05, 0.1) is 12.1 Å². The lowest BCUT2D eigenvalue weighted by molar-refractivity contribution is 0.0859. The second-order valence-corrected chi connectivity index (χ2v) is 5.01. The average Bonchev–Trinajstić information content (AvgIpc) is 2.74. The van der Waals surface area contributed by atoms with Gasteiger partial charge in [-0.05, 0) is 35.3 Å². The van der Waals surface area contributed by atoms with Crippen LogP contribution in [0.4, 0.5) is 0 Å². The molecule has 1 amide bonds. The number of halogens is 1. The molecule has 5 heteroatoms. The molecule has 0 spiro atoms. The molecule has 2 heterocycles. The Kier molecular flexibility index (Phi) is 3.35. The molecule has 1 aliphatic heterocycles. The predicted molar refractivity (Wildman–Crippen MR) is 64.4 cm³/mol. The molecule has 16 heavy (non-hydrogen) atoms. The minimum absolute atomic E-state index is 0.0458. The highest BCUT2D eigenvalue weighted by Gasteiger charge is 2.26. The topological polar surface area (TPSA) is 43.3 Å². The van der Waals surface area contributed by atoms with Crippen LogP contribution in [0.3, 0.4) is 0 Å². The number of hydrogen-bond donors (Lipinski definition) is 1. The Morgan fingerprint density at radius 1 is 1.69 bits per heavy atom. The van der Waals surface area contributed by atoms with Crippen LogP contribution in [0.5, 0.6) is 0 Å². The van der Waals surface area contributed by atoms with Crippen molar-refractivity contribution in [2.24, 2.45) is 7.05 Å². The highest BCUT2D eigenvalue weighted by molar-refractivity contribution is 9.10. The van der Waals surface area contributed by atoms with E-state index >= 15 is 0 Å². The maximum absolute atomic E-state index is 12.0. The summed E-state index contributed by atoms with van der Waals surface area (Å²) in [4.78, 5) is 12.0. The number of carbonyl (C=O) groups is 1. The first-order valence-electron chi connectivity index (χ1n) is 5.32. The zero-order valence-electron chi connectivity index (χ0n) is 9.37. The van der Waals surface area contributed by atoms with Crippen molar-refractivity contribution in [2.75, 3.05) is 6.61 Å². The van der Waals surface area contributed by atoms with Gasteiger partial charge in [0, 0.05) is 24.3 Å². The summed E-state index contributed by atoms with van der Waals surface area (Å²) in [7, 11) is 1.86. The molecule has 1 aliphatic rings. The number of ether oxygens (including phenoxy) is 1. The van der Waals surface area contributed by atoms with Crippen molar-refractivity contribution in [1.29, 1.82) is 0 Å². The Hall–Kier alpha value is -0.810. The Morgan fingerprint density at radius 2 is 2.44 bits per heavy atom. The van der Waals surface area contributed by atoms with Crippen molar-refractivity contribution in [3.63, 3.8) is 0 Å². The molecular formula is C11H15BrN2O2. The van der Waals surface area contributed by atoms with E-state index in [1.54, 1.807) is 4.57 Å². The van der Waals surface area contributed by atoms with Crippen LogP contribution in [0.25, 0.3) is 0 Å². The fourth-order valence-electron chi connectivity index (χ4n) is 1.91. The van der Waals surface area contributed by atoms with Gasteiger partial charge in [0.15, 0.2) is 0 Å². The number of nitrogens with one attached hydrogen (secondary N) is 1. The normalized spacial score (nSPS) is 24.7. The van der Waals surface area contributed by atoms with Crippen LogP contribution in [0.2, 0.25) is 0 Å². The van der Waals surface area contributed by atoms with Crippen LogP contribution in [0.1, 0.15) is 23.8 Å². The summed E-state index contributed by atoms with van der Waals surface area (Å²) < 4.78 is 8.13. The second-order valence-electron chi connectivity index (χ2n) is 4.10. The van der Waals surface area contributed by atoms with Gasteiger partial charge in [0.1, 0.15) is 5.69 Å². The molecule has 1 N–H and O–H groups in total. The number of hydrogen-bond acceptors (Lipinski definition) is 2. The first-order chi connectivity index (χ1) is 7.58. The summed E-state index contributed by atoms with van der Waals surface area (Å²) in [6, 6.07) is 1.94. The van der Waals surface area contributed by atoms with E-state index in [9.17, 15) is 4.79 Å². The fourth-order valence-corrected chi connectivity index (χ4v) is 2.44. The summed E-state index contributed by atoms with van der Waals surface area (Å²) in [5, 5.41) is 2.99. The van der Waals surface area contributed by atoms with Crippen LogP contribution in [-0.2, 0) is 11.8 Å². The van der Waals surface area contributed by atoms with Crippen LogP contribution >= 0.6 is 15.9 Å². The Bertz CT molecular complexity index is 403. The van der Waals surface area contributed by atoms with Gasteiger partial charge in [-0.1, -0.05) is 0 Å². The van der Waals surface area contributed by atoms with Crippen molar-refractivity contribution in [3.8, 4) is 0 Å². The molecule has 88 valence electrons. The number of amides is 1. The number of carbonyl (C=O) groups excluding carboxylic acids is 1. The first kappa shape index (κ1) is 11.7. The van der Waals surface area contributed by atoms with Crippen molar-refractivity contribution in [1.82, 2.24) is 9.88 Å². The van der Waals surface area contributed by atoms with Gasteiger partial charge in [0.25, 0.3) is 5.91 Å². The van der Waals surface area contributed by atoms with E-state index in [0.717, 1.165) is 17.5 Å². The van der Waals surface area contributed by atoms with E-state index in [1.807, 2.05) is 26.2 Å². The van der Waals surface area contributed by atoms with Gasteiger partial charge < -0.3 is 14.6 Å². The molecule has 2 rings (SSSR count). The molecule has 1 aromatic rings. The lowest BCUT2D eigenvalue weighted by atomic mass is 10.1. The molecule has 0 aliphatic carbocycles. The largest absolute Gasteiger partial charge is 0.376 e. The van der Waals surface area contributed by atoms with E-state index in [0.29, 0.717) is 5.69 Å². The molecule has 0 aromatic carbocycles. The van der Waals surface area contributed by atoms with E-state index in [2.05, 4.69) is 21.2 Å². The Balaban J connectivity index is 2.05. The van der Waals surface area contributed by atoms with Gasteiger partial charge in [0.2, 0.25) is 0 Å². The minimum Gasteiger partial charge on any atom is -0.376 e. The van der Waals surface area contributed by atoms with Crippen LogP contribution in [0.15, 0.2) is 16.7 Å². The Labute approximate surface area is 103 Å². The molecule has 0 saturated carbocycles. The van der Waals surface area contributed by atoms with Crippen molar-refractivity contribution < 1.29 is 9.53 Å². The summed E-state index contributed by atoms with van der Waals surface area (Å²) in [5.41, 5.74) is 0.658. The van der Waals surface area contributed by atoms with Crippen LogP contribution in [-0.4, -0.2) is 29.2 Å². The quantitative estimate of drug-likeness (QED) is 0.899.